The minimum absolute atomic E-state index is 0.510. The lowest BCUT2D eigenvalue weighted by Crippen LogP contribution is -2.29. The van der Waals surface area contributed by atoms with Crippen LogP contribution in [0.4, 0.5) is 0 Å². The number of terminal acetylenes is 1. The lowest BCUT2D eigenvalue weighted by atomic mass is 10.1. The molecule has 0 saturated heterocycles. The third kappa shape index (κ3) is 4.71. The summed E-state index contributed by atoms with van der Waals surface area (Å²) in [6.45, 7) is 3.11. The molecular formula is C13H19NO. The number of nitrogens with one attached hydrogen (secondary N) is 1. The molecule has 0 aliphatic heterocycles. The third-order valence-corrected chi connectivity index (χ3v) is 2.45. The molecule has 1 aromatic heterocycles. The third-order valence-electron chi connectivity index (χ3n) is 2.45. The highest BCUT2D eigenvalue weighted by Crippen LogP contribution is 2.09. The van der Waals surface area contributed by atoms with Gasteiger partial charge in [-0.05, 0) is 31.5 Å². The number of aryl methyl sites for hydroxylation is 1. The van der Waals surface area contributed by atoms with Crippen LogP contribution in [0.5, 0.6) is 0 Å². The van der Waals surface area contributed by atoms with Crippen LogP contribution < -0.4 is 5.32 Å². The van der Waals surface area contributed by atoms with E-state index < -0.39 is 0 Å². The molecule has 1 aromatic rings. The standard InChI is InChI=1S/C13H19NO/c1-3-5-7-12(14-4-2)9-10-13-8-6-11-15-13/h1,6,8,11-12,14H,4-5,7,9-10H2,2H3. The minimum Gasteiger partial charge on any atom is -0.469 e. The van der Waals surface area contributed by atoms with Crippen LogP contribution in [0.3, 0.4) is 0 Å². The zero-order valence-electron chi connectivity index (χ0n) is 9.33. The molecule has 1 heterocycles. The molecule has 0 aliphatic rings. The number of rotatable bonds is 7. The van der Waals surface area contributed by atoms with Gasteiger partial charge in [0.1, 0.15) is 5.76 Å². The van der Waals surface area contributed by atoms with E-state index in [9.17, 15) is 0 Å². The summed E-state index contributed by atoms with van der Waals surface area (Å²) in [6, 6.07) is 4.46. The van der Waals surface area contributed by atoms with E-state index in [1.54, 1.807) is 6.26 Å². The van der Waals surface area contributed by atoms with E-state index in [2.05, 4.69) is 18.2 Å². The van der Waals surface area contributed by atoms with Crippen molar-refractivity contribution in [1.29, 1.82) is 0 Å². The van der Waals surface area contributed by atoms with Gasteiger partial charge in [0.25, 0.3) is 0 Å². The van der Waals surface area contributed by atoms with E-state index >= 15 is 0 Å². The van der Waals surface area contributed by atoms with Crippen molar-refractivity contribution >= 4 is 0 Å². The van der Waals surface area contributed by atoms with E-state index in [0.717, 1.165) is 38.0 Å². The molecule has 0 spiro atoms. The van der Waals surface area contributed by atoms with Crippen LogP contribution in [-0.2, 0) is 6.42 Å². The molecule has 0 saturated carbocycles. The fourth-order valence-corrected chi connectivity index (χ4v) is 1.67. The molecule has 1 unspecified atom stereocenters. The van der Waals surface area contributed by atoms with Gasteiger partial charge in [0, 0.05) is 18.9 Å². The Morgan fingerprint density at radius 3 is 3.00 bits per heavy atom. The number of furan rings is 1. The maximum absolute atomic E-state index is 5.30. The Morgan fingerprint density at radius 2 is 2.40 bits per heavy atom. The fourth-order valence-electron chi connectivity index (χ4n) is 1.67. The van der Waals surface area contributed by atoms with Crippen molar-refractivity contribution < 1.29 is 4.42 Å². The van der Waals surface area contributed by atoms with E-state index in [1.807, 2.05) is 12.1 Å². The highest BCUT2D eigenvalue weighted by molar-refractivity contribution is 4.98. The quantitative estimate of drug-likeness (QED) is 0.692. The van der Waals surface area contributed by atoms with Gasteiger partial charge in [0.15, 0.2) is 0 Å². The maximum Gasteiger partial charge on any atom is 0.103 e. The van der Waals surface area contributed by atoms with Crippen LogP contribution in [0.15, 0.2) is 22.8 Å². The Bertz CT molecular complexity index is 284. The molecule has 1 N–H and O–H groups in total. The normalized spacial score (nSPS) is 12.3. The summed E-state index contributed by atoms with van der Waals surface area (Å²) < 4.78 is 5.30. The predicted molar refractivity (Wildman–Crippen MR) is 62.6 cm³/mol. The molecule has 0 amide bonds. The van der Waals surface area contributed by atoms with Gasteiger partial charge in [0.05, 0.1) is 6.26 Å². The molecular weight excluding hydrogens is 186 g/mol. The van der Waals surface area contributed by atoms with Crippen LogP contribution in [0.2, 0.25) is 0 Å². The first-order valence-corrected chi connectivity index (χ1v) is 5.56. The summed E-state index contributed by atoms with van der Waals surface area (Å²) in [4.78, 5) is 0. The second-order valence-corrected chi connectivity index (χ2v) is 3.62. The Labute approximate surface area is 92.1 Å². The van der Waals surface area contributed by atoms with E-state index in [-0.39, 0.29) is 0 Å². The summed E-state index contributed by atoms with van der Waals surface area (Å²) in [6.07, 6.45) is 10.9. The lowest BCUT2D eigenvalue weighted by Gasteiger charge is -2.15. The van der Waals surface area contributed by atoms with Crippen molar-refractivity contribution in [1.82, 2.24) is 5.32 Å². The monoisotopic (exact) mass is 205 g/mol. The molecule has 1 rings (SSSR count). The highest BCUT2D eigenvalue weighted by atomic mass is 16.3. The molecule has 82 valence electrons. The van der Waals surface area contributed by atoms with E-state index in [4.69, 9.17) is 10.8 Å². The predicted octanol–water partition coefficient (Wildman–Crippen LogP) is 2.60. The zero-order valence-corrected chi connectivity index (χ0v) is 9.33. The van der Waals surface area contributed by atoms with Crippen LogP contribution in [0.1, 0.15) is 31.9 Å². The highest BCUT2D eigenvalue weighted by Gasteiger charge is 2.07. The Hall–Kier alpha value is -1.20. The molecule has 15 heavy (non-hydrogen) atoms. The van der Waals surface area contributed by atoms with Gasteiger partial charge in [-0.15, -0.1) is 12.3 Å². The van der Waals surface area contributed by atoms with Gasteiger partial charge in [0.2, 0.25) is 0 Å². The Kier molecular flexibility index (Phi) is 5.65. The molecule has 0 aliphatic carbocycles. The van der Waals surface area contributed by atoms with Crippen molar-refractivity contribution in [2.24, 2.45) is 0 Å². The maximum atomic E-state index is 5.30. The molecule has 2 heteroatoms. The lowest BCUT2D eigenvalue weighted by molar-refractivity contribution is 0.435. The van der Waals surface area contributed by atoms with Crippen molar-refractivity contribution in [2.45, 2.75) is 38.6 Å². The summed E-state index contributed by atoms with van der Waals surface area (Å²) in [5.74, 6) is 3.74. The molecule has 2 nitrogen and oxygen atoms in total. The van der Waals surface area contributed by atoms with Crippen molar-refractivity contribution in [3.8, 4) is 12.3 Å². The van der Waals surface area contributed by atoms with Gasteiger partial charge in [-0.3, -0.25) is 0 Å². The SMILES string of the molecule is C#CCCC(CCc1ccco1)NCC. The second-order valence-electron chi connectivity index (χ2n) is 3.62. The first-order valence-electron chi connectivity index (χ1n) is 5.56. The smallest absolute Gasteiger partial charge is 0.103 e. The van der Waals surface area contributed by atoms with Crippen LogP contribution in [0, 0.1) is 12.3 Å². The van der Waals surface area contributed by atoms with Crippen molar-refractivity contribution in [3.63, 3.8) is 0 Å². The van der Waals surface area contributed by atoms with Crippen LogP contribution in [0.25, 0.3) is 0 Å². The number of hydrogen-bond acceptors (Lipinski definition) is 2. The van der Waals surface area contributed by atoms with Crippen LogP contribution in [-0.4, -0.2) is 12.6 Å². The molecule has 0 fully saturated rings. The largest absolute Gasteiger partial charge is 0.469 e. The van der Waals surface area contributed by atoms with Gasteiger partial charge in [-0.2, -0.15) is 0 Å². The first kappa shape index (κ1) is 11.9. The Balaban J connectivity index is 2.28. The Morgan fingerprint density at radius 1 is 1.53 bits per heavy atom. The van der Waals surface area contributed by atoms with Crippen LogP contribution >= 0.6 is 0 Å². The fraction of sp³-hybridized carbons (Fsp3) is 0.538. The zero-order chi connectivity index (χ0) is 10.9. The molecule has 0 bridgehead atoms. The molecule has 0 radical (unpaired) electrons. The van der Waals surface area contributed by atoms with E-state index in [0.29, 0.717) is 6.04 Å². The first-order chi connectivity index (χ1) is 7.36. The van der Waals surface area contributed by atoms with Crippen molar-refractivity contribution in [3.05, 3.63) is 24.2 Å². The average molecular weight is 205 g/mol. The second kappa shape index (κ2) is 7.14. The summed E-state index contributed by atoms with van der Waals surface area (Å²) >= 11 is 0. The van der Waals surface area contributed by atoms with Crippen molar-refractivity contribution in [2.75, 3.05) is 6.54 Å². The van der Waals surface area contributed by atoms with E-state index in [1.165, 1.54) is 0 Å². The topological polar surface area (TPSA) is 25.2 Å². The minimum atomic E-state index is 0.510. The average Bonchev–Trinajstić information content (AvgIpc) is 2.75. The number of hydrogen-bond donors (Lipinski definition) is 1. The van der Waals surface area contributed by atoms with Gasteiger partial charge < -0.3 is 9.73 Å². The summed E-state index contributed by atoms with van der Waals surface area (Å²) in [5, 5.41) is 3.44. The summed E-state index contributed by atoms with van der Waals surface area (Å²) in [5.41, 5.74) is 0. The summed E-state index contributed by atoms with van der Waals surface area (Å²) in [7, 11) is 0. The molecule has 1 atom stereocenters. The van der Waals surface area contributed by atoms with Gasteiger partial charge in [-0.1, -0.05) is 6.92 Å². The van der Waals surface area contributed by atoms with Gasteiger partial charge in [-0.25, -0.2) is 0 Å². The molecule has 0 aromatic carbocycles. The van der Waals surface area contributed by atoms with Gasteiger partial charge >= 0.3 is 0 Å².